The molecule has 1 aliphatic heterocycles. The molecule has 1 aliphatic rings. The Morgan fingerprint density at radius 2 is 2.24 bits per heavy atom. The first-order chi connectivity index (χ1) is 13.4. The summed E-state index contributed by atoms with van der Waals surface area (Å²) in [4.78, 5) is 12.8. The fourth-order valence-corrected chi connectivity index (χ4v) is 3.17. The number of hydrogen-bond donors (Lipinski definition) is 1. The number of ether oxygens (including phenoxy) is 1. The van der Waals surface area contributed by atoms with Gasteiger partial charge in [-0.2, -0.15) is 0 Å². The minimum atomic E-state index is -0.880. The molecule has 0 atom stereocenters. The van der Waals surface area contributed by atoms with E-state index in [1.165, 1.54) is 6.08 Å². The van der Waals surface area contributed by atoms with Crippen molar-refractivity contribution in [2.45, 2.75) is 32.9 Å². The number of phenols is 1. The first kappa shape index (κ1) is 23.2. The number of aromatic hydroxyl groups is 1. The number of rotatable bonds is 5. The van der Waals surface area contributed by atoms with Crippen LogP contribution in [-0.4, -0.2) is 16.3 Å². The zero-order valence-corrected chi connectivity index (χ0v) is 20.1. The van der Waals surface area contributed by atoms with Crippen LogP contribution >= 0.6 is 0 Å². The zero-order chi connectivity index (χ0) is 20.3. The molecule has 0 bridgehead atoms. The van der Waals surface area contributed by atoms with Gasteiger partial charge in [-0.3, -0.25) is 16.4 Å². The van der Waals surface area contributed by atoms with Gasteiger partial charge in [0.2, 0.25) is 0 Å². The zero-order valence-electron chi connectivity index (χ0n) is 16.0. The second-order valence-corrected chi connectivity index (χ2v) is 6.51. The average molecular weight is 616 g/mol. The second kappa shape index (κ2) is 10.1. The van der Waals surface area contributed by atoms with Crippen LogP contribution in [0.5, 0.6) is 5.75 Å². The Morgan fingerprint density at radius 3 is 2.93 bits per heavy atom. The standard InChI is InChI=1S/C22H19FN2O3.U/c1-3-18-8-16-6-7-28-13-19(16)22(27)25(18)12-14(2)4-5-15-10-21(26)20(23)9-17(15)11-24;/h2,4,8-10,26H,3,6-7,12-13H2,1H3;/q-2;+2. The fraction of sp³-hybridized carbons (Fsp3) is 0.273. The van der Waals surface area contributed by atoms with E-state index in [1.807, 2.05) is 19.1 Å². The largest absolute Gasteiger partial charge is 2.00 e. The number of nitrogens with zero attached hydrogens (tertiary/aromatic N) is 2. The van der Waals surface area contributed by atoms with Gasteiger partial charge in [-0.05, 0) is 42.6 Å². The Bertz CT molecular complexity index is 1070. The van der Waals surface area contributed by atoms with Gasteiger partial charge < -0.3 is 21.0 Å². The molecule has 146 valence electrons. The number of hydrogen-bond acceptors (Lipinski definition) is 4. The van der Waals surface area contributed by atoms with Crippen LogP contribution in [0.2, 0.25) is 0 Å². The maximum Gasteiger partial charge on any atom is 2.00 e. The van der Waals surface area contributed by atoms with E-state index in [1.54, 1.807) is 4.57 Å². The molecule has 5 nitrogen and oxygen atoms in total. The molecule has 0 saturated heterocycles. The molecular formula is C22H19FN2O3U. The number of allylic oxidation sites excluding steroid dienone is 2. The van der Waals surface area contributed by atoms with Crippen molar-refractivity contribution in [1.29, 1.82) is 5.26 Å². The molecule has 0 saturated carbocycles. The normalized spacial score (nSPS) is 12.9. The molecule has 29 heavy (non-hydrogen) atoms. The number of phenolic OH excluding ortho intramolecular Hbond substituents is 1. The Morgan fingerprint density at radius 1 is 1.48 bits per heavy atom. The molecule has 1 aromatic carbocycles. The number of fused-ring (bicyclic) bond motifs is 1. The summed E-state index contributed by atoms with van der Waals surface area (Å²) in [7, 11) is 0. The summed E-state index contributed by atoms with van der Waals surface area (Å²) < 4.78 is 20.4. The number of halogens is 1. The second-order valence-electron chi connectivity index (χ2n) is 6.51. The Balaban J connectivity index is 0.00000300. The van der Waals surface area contributed by atoms with Crippen molar-refractivity contribution in [3.63, 3.8) is 0 Å². The smallest absolute Gasteiger partial charge is 0.515 e. The molecule has 1 N–H and O–H groups in total. The molecule has 0 aliphatic carbocycles. The van der Waals surface area contributed by atoms with Crippen LogP contribution in [0.4, 0.5) is 4.39 Å². The van der Waals surface area contributed by atoms with E-state index in [0.29, 0.717) is 30.8 Å². The van der Waals surface area contributed by atoms with Gasteiger partial charge in [-0.25, -0.2) is 15.7 Å². The van der Waals surface area contributed by atoms with Gasteiger partial charge in [0.15, 0.2) is 0 Å². The van der Waals surface area contributed by atoms with E-state index >= 15 is 0 Å². The molecule has 0 unspecified atom stereocenters. The van der Waals surface area contributed by atoms with E-state index in [0.717, 1.165) is 29.8 Å². The SMILES string of the molecule is [CH-]=C(C=[C-]c1cc(O)c(F)cc1C#N)Cn1c(CC)cc2c(c1=O)COCC2.[U+2]. The summed E-state index contributed by atoms with van der Waals surface area (Å²) >= 11 is 0. The van der Waals surface area contributed by atoms with Crippen molar-refractivity contribution in [2.75, 3.05) is 6.61 Å². The summed E-state index contributed by atoms with van der Waals surface area (Å²) in [5, 5.41) is 18.6. The summed E-state index contributed by atoms with van der Waals surface area (Å²) in [6.07, 6.45) is 5.61. The van der Waals surface area contributed by atoms with Gasteiger partial charge in [0.1, 0.15) is 11.6 Å². The minimum Gasteiger partial charge on any atom is -0.515 e. The number of aromatic nitrogens is 1. The topological polar surface area (TPSA) is 75.2 Å². The molecule has 7 heteroatoms. The average Bonchev–Trinajstić information content (AvgIpc) is 2.70. The number of benzene rings is 1. The van der Waals surface area contributed by atoms with E-state index in [2.05, 4.69) is 6.08 Å². The van der Waals surface area contributed by atoms with Crippen molar-refractivity contribution in [1.82, 2.24) is 4.57 Å². The quantitative estimate of drug-likeness (QED) is 0.415. The first-order valence-electron chi connectivity index (χ1n) is 8.90. The van der Waals surface area contributed by atoms with E-state index in [4.69, 9.17) is 16.6 Å². The van der Waals surface area contributed by atoms with Crippen LogP contribution in [0.25, 0.3) is 0 Å². The summed E-state index contributed by atoms with van der Waals surface area (Å²) in [5.74, 6) is -1.46. The molecule has 0 amide bonds. The summed E-state index contributed by atoms with van der Waals surface area (Å²) in [6.45, 7) is 9.09. The summed E-state index contributed by atoms with van der Waals surface area (Å²) in [5.41, 5.74) is 3.00. The van der Waals surface area contributed by atoms with Gasteiger partial charge in [0, 0.05) is 17.3 Å². The van der Waals surface area contributed by atoms with Crippen LogP contribution < -0.4 is 5.56 Å². The fourth-order valence-electron chi connectivity index (χ4n) is 3.17. The van der Waals surface area contributed by atoms with Gasteiger partial charge in [-0.1, -0.05) is 13.0 Å². The van der Waals surface area contributed by atoms with Gasteiger partial charge >= 0.3 is 31.1 Å². The number of aryl methyl sites for hydroxylation is 1. The molecule has 2 aromatic rings. The molecule has 0 fully saturated rings. The third-order valence-corrected chi connectivity index (χ3v) is 4.66. The van der Waals surface area contributed by atoms with Gasteiger partial charge in [-0.15, -0.1) is 5.56 Å². The van der Waals surface area contributed by atoms with E-state index in [9.17, 15) is 14.3 Å². The van der Waals surface area contributed by atoms with Crippen molar-refractivity contribution < 1.29 is 45.3 Å². The van der Waals surface area contributed by atoms with Crippen molar-refractivity contribution >= 4 is 0 Å². The predicted octanol–water partition coefficient (Wildman–Crippen LogP) is 2.97. The van der Waals surface area contributed by atoms with Gasteiger partial charge in [0.05, 0.1) is 13.2 Å². The third kappa shape index (κ3) is 5.08. The number of pyridine rings is 1. The minimum absolute atomic E-state index is 0. The van der Waals surface area contributed by atoms with Crippen LogP contribution in [-0.2, 0) is 30.7 Å². The molecule has 0 radical (unpaired) electrons. The van der Waals surface area contributed by atoms with E-state index in [-0.39, 0.29) is 54.3 Å². The molecule has 0 spiro atoms. The number of nitriles is 1. The van der Waals surface area contributed by atoms with Gasteiger partial charge in [0.25, 0.3) is 5.56 Å². The van der Waals surface area contributed by atoms with Crippen LogP contribution in [0.1, 0.15) is 34.9 Å². The van der Waals surface area contributed by atoms with Crippen molar-refractivity contribution in [3.8, 4) is 11.8 Å². The first-order valence-corrected chi connectivity index (χ1v) is 8.90. The monoisotopic (exact) mass is 616 g/mol. The molecule has 1 aromatic heterocycles. The molecule has 2 heterocycles. The Hall–Kier alpha value is -2.12. The van der Waals surface area contributed by atoms with Crippen LogP contribution in [0.3, 0.4) is 0 Å². The Labute approximate surface area is 192 Å². The Kier molecular flexibility index (Phi) is 8.05. The maximum atomic E-state index is 13.4. The predicted molar refractivity (Wildman–Crippen MR) is 101 cm³/mol. The van der Waals surface area contributed by atoms with Crippen molar-refractivity contribution in [3.05, 3.63) is 86.6 Å². The van der Waals surface area contributed by atoms with Crippen LogP contribution in [0.15, 0.2) is 34.6 Å². The van der Waals surface area contributed by atoms with Crippen LogP contribution in [0, 0.1) is 60.9 Å². The maximum absolute atomic E-state index is 13.4. The molecular weight excluding hydrogens is 597 g/mol. The molecule has 3 rings (SSSR count). The third-order valence-electron chi connectivity index (χ3n) is 4.66. The van der Waals surface area contributed by atoms with E-state index < -0.39 is 11.6 Å². The summed E-state index contributed by atoms with van der Waals surface area (Å²) in [6, 6.07) is 5.91. The van der Waals surface area contributed by atoms with Crippen molar-refractivity contribution in [2.24, 2.45) is 0 Å².